The largest absolute Gasteiger partial charge is 0.376 e. The number of nitrogens with zero attached hydrogens (tertiary/aromatic N) is 1. The van der Waals surface area contributed by atoms with Crippen LogP contribution in [0.2, 0.25) is 0 Å². The van der Waals surface area contributed by atoms with Gasteiger partial charge in [-0.25, -0.2) is 4.79 Å². The summed E-state index contributed by atoms with van der Waals surface area (Å²) in [6, 6.07) is 6.53. The van der Waals surface area contributed by atoms with E-state index in [0.29, 0.717) is 12.1 Å². The van der Waals surface area contributed by atoms with Crippen LogP contribution in [0.25, 0.3) is 17.0 Å². The summed E-state index contributed by atoms with van der Waals surface area (Å²) >= 11 is 0. The topological polar surface area (TPSA) is 119 Å². The van der Waals surface area contributed by atoms with Gasteiger partial charge in [0.05, 0.1) is 6.10 Å². The summed E-state index contributed by atoms with van der Waals surface area (Å²) in [5.74, 6) is -1.67. The number of amides is 5. The minimum atomic E-state index is -0.845. The van der Waals surface area contributed by atoms with E-state index in [1.54, 1.807) is 10.8 Å². The Morgan fingerprint density at radius 1 is 1.21 bits per heavy atom. The molecule has 4 rings (SSSR count). The number of rotatable bonds is 5. The van der Waals surface area contributed by atoms with Crippen molar-refractivity contribution in [1.82, 2.24) is 20.5 Å². The Hall–Kier alpha value is -3.46. The third-order valence-corrected chi connectivity index (χ3v) is 4.93. The van der Waals surface area contributed by atoms with Gasteiger partial charge in [-0.3, -0.25) is 25.0 Å². The first-order valence-corrected chi connectivity index (χ1v) is 9.36. The van der Waals surface area contributed by atoms with E-state index in [9.17, 15) is 19.2 Å². The van der Waals surface area contributed by atoms with Crippen molar-refractivity contribution in [1.29, 1.82) is 0 Å². The van der Waals surface area contributed by atoms with Crippen LogP contribution in [-0.2, 0) is 25.7 Å². The van der Waals surface area contributed by atoms with Crippen molar-refractivity contribution in [3.05, 3.63) is 41.6 Å². The highest BCUT2D eigenvalue weighted by Crippen LogP contribution is 2.24. The molecule has 0 spiro atoms. The molecule has 9 heteroatoms. The average molecular weight is 396 g/mol. The maximum absolute atomic E-state index is 12.4. The zero-order valence-corrected chi connectivity index (χ0v) is 15.6. The summed E-state index contributed by atoms with van der Waals surface area (Å²) < 4.78 is 7.27. The molecule has 1 aromatic heterocycles. The predicted octanol–water partition coefficient (Wildman–Crippen LogP) is 0.686. The number of ether oxygens (including phenoxy) is 1. The summed E-state index contributed by atoms with van der Waals surface area (Å²) in [6.07, 6.45) is 5.14. The maximum Gasteiger partial charge on any atom is 0.328 e. The van der Waals surface area contributed by atoms with Gasteiger partial charge >= 0.3 is 6.03 Å². The van der Waals surface area contributed by atoms with Gasteiger partial charge in [0.25, 0.3) is 11.8 Å². The number of aromatic nitrogens is 1. The molecule has 0 saturated carbocycles. The van der Waals surface area contributed by atoms with E-state index in [1.165, 1.54) is 6.08 Å². The minimum absolute atomic E-state index is 0.0617. The molecule has 0 bridgehead atoms. The molecule has 9 nitrogen and oxygen atoms in total. The number of nitrogens with one attached hydrogen (secondary N) is 3. The van der Waals surface area contributed by atoms with Crippen LogP contribution in [0.5, 0.6) is 0 Å². The van der Waals surface area contributed by atoms with Gasteiger partial charge in [-0.05, 0) is 25.0 Å². The summed E-state index contributed by atoms with van der Waals surface area (Å²) in [6.45, 7) is 1.30. The van der Waals surface area contributed by atoms with Crippen LogP contribution in [0.15, 0.2) is 36.0 Å². The van der Waals surface area contributed by atoms with Crippen molar-refractivity contribution in [3.8, 4) is 0 Å². The first-order valence-electron chi connectivity index (χ1n) is 9.36. The Morgan fingerprint density at radius 2 is 1.97 bits per heavy atom. The maximum atomic E-state index is 12.4. The predicted molar refractivity (Wildman–Crippen MR) is 104 cm³/mol. The standard InChI is InChI=1S/C20H20N4O5/c25-17(21-9-13-4-3-7-29-13)11-24-10-12(14-5-1-2-6-16(14)24)8-15-18(26)22-20(28)23-19(15)27/h1-2,5-6,8,10,13H,3-4,7,9,11H2,(H,21,25)(H2,22,23,26,27,28)/t13-/m0/s1. The number of carbonyl (C=O) groups is 4. The van der Waals surface area contributed by atoms with E-state index >= 15 is 0 Å². The molecule has 2 aliphatic heterocycles. The second-order valence-electron chi connectivity index (χ2n) is 6.96. The number of fused-ring (bicyclic) bond motifs is 1. The van der Waals surface area contributed by atoms with Crippen molar-refractivity contribution < 1.29 is 23.9 Å². The first kappa shape index (κ1) is 18.9. The van der Waals surface area contributed by atoms with Gasteiger partial charge in [-0.1, -0.05) is 18.2 Å². The van der Waals surface area contributed by atoms with E-state index in [4.69, 9.17) is 4.74 Å². The monoisotopic (exact) mass is 396 g/mol. The molecule has 0 aliphatic carbocycles. The second-order valence-corrected chi connectivity index (χ2v) is 6.96. The van der Waals surface area contributed by atoms with Crippen LogP contribution >= 0.6 is 0 Å². The number of imide groups is 2. The highest BCUT2D eigenvalue weighted by molar-refractivity contribution is 6.31. The number of hydrogen-bond donors (Lipinski definition) is 3. The molecule has 1 atom stereocenters. The molecule has 2 fully saturated rings. The Kier molecular flexibility index (Phi) is 5.13. The number of urea groups is 1. The third-order valence-electron chi connectivity index (χ3n) is 4.93. The van der Waals surface area contributed by atoms with Crippen LogP contribution in [0.3, 0.4) is 0 Å². The van der Waals surface area contributed by atoms with Crippen LogP contribution in [0, 0.1) is 0 Å². The SMILES string of the molecule is O=C(Cn1cc(C=C2C(=O)NC(=O)NC2=O)c2ccccc21)NC[C@@H]1CCCO1. The summed E-state index contributed by atoms with van der Waals surface area (Å²) in [5, 5.41) is 7.76. The molecule has 1 aromatic carbocycles. The number of para-hydroxylation sites is 1. The van der Waals surface area contributed by atoms with Crippen LogP contribution in [0.1, 0.15) is 18.4 Å². The van der Waals surface area contributed by atoms with E-state index in [2.05, 4.69) is 5.32 Å². The molecular formula is C20H20N4O5. The van der Waals surface area contributed by atoms with Crippen molar-refractivity contribution in [2.45, 2.75) is 25.5 Å². The van der Waals surface area contributed by atoms with E-state index in [1.807, 2.05) is 34.9 Å². The Balaban J connectivity index is 1.57. The molecule has 2 aliphatic rings. The molecule has 2 saturated heterocycles. The Bertz CT molecular complexity index is 1010. The first-order chi connectivity index (χ1) is 14.0. The number of hydrogen-bond acceptors (Lipinski definition) is 5. The number of benzene rings is 1. The van der Waals surface area contributed by atoms with Gasteiger partial charge in [-0.15, -0.1) is 0 Å². The molecule has 0 radical (unpaired) electrons. The van der Waals surface area contributed by atoms with E-state index < -0.39 is 17.8 Å². The van der Waals surface area contributed by atoms with Gasteiger partial charge in [0, 0.05) is 35.8 Å². The van der Waals surface area contributed by atoms with E-state index in [0.717, 1.165) is 30.4 Å². The fourth-order valence-electron chi connectivity index (χ4n) is 3.53. The van der Waals surface area contributed by atoms with Crippen molar-refractivity contribution in [2.24, 2.45) is 0 Å². The van der Waals surface area contributed by atoms with Crippen molar-refractivity contribution in [2.75, 3.05) is 13.2 Å². The normalized spacial score (nSPS) is 19.2. The average Bonchev–Trinajstić information content (AvgIpc) is 3.32. The second kappa shape index (κ2) is 7.88. The van der Waals surface area contributed by atoms with Gasteiger partial charge in [0.2, 0.25) is 5.91 Å². The molecular weight excluding hydrogens is 376 g/mol. The van der Waals surface area contributed by atoms with E-state index in [-0.39, 0.29) is 24.1 Å². The lowest BCUT2D eigenvalue weighted by Gasteiger charge is -2.13. The molecule has 5 amide bonds. The molecule has 150 valence electrons. The lowest BCUT2D eigenvalue weighted by atomic mass is 10.1. The van der Waals surface area contributed by atoms with Gasteiger partial charge in [0.15, 0.2) is 0 Å². The molecule has 2 aromatic rings. The fraction of sp³-hybridized carbons (Fsp3) is 0.300. The number of carbonyl (C=O) groups excluding carboxylic acids is 4. The third kappa shape index (κ3) is 4.04. The lowest BCUT2D eigenvalue weighted by Crippen LogP contribution is -2.51. The van der Waals surface area contributed by atoms with Crippen LogP contribution in [0.4, 0.5) is 4.79 Å². The molecule has 3 N–H and O–H groups in total. The molecule has 0 unspecified atom stereocenters. The summed E-state index contributed by atoms with van der Waals surface area (Å²) in [5.41, 5.74) is 1.22. The summed E-state index contributed by atoms with van der Waals surface area (Å²) in [4.78, 5) is 47.6. The Morgan fingerprint density at radius 3 is 2.69 bits per heavy atom. The lowest BCUT2D eigenvalue weighted by molar-refractivity contribution is -0.124. The quantitative estimate of drug-likeness (QED) is 0.508. The Labute approximate surface area is 166 Å². The minimum Gasteiger partial charge on any atom is -0.376 e. The van der Waals surface area contributed by atoms with Crippen molar-refractivity contribution >= 4 is 40.7 Å². The smallest absolute Gasteiger partial charge is 0.328 e. The van der Waals surface area contributed by atoms with Crippen LogP contribution < -0.4 is 16.0 Å². The highest BCUT2D eigenvalue weighted by Gasteiger charge is 2.28. The highest BCUT2D eigenvalue weighted by atomic mass is 16.5. The van der Waals surface area contributed by atoms with Gasteiger partial charge in [0.1, 0.15) is 12.1 Å². The molecule has 29 heavy (non-hydrogen) atoms. The number of barbiturate groups is 1. The van der Waals surface area contributed by atoms with Crippen molar-refractivity contribution in [3.63, 3.8) is 0 Å². The van der Waals surface area contributed by atoms with Gasteiger partial charge < -0.3 is 14.6 Å². The van der Waals surface area contributed by atoms with Gasteiger partial charge in [-0.2, -0.15) is 0 Å². The zero-order valence-electron chi connectivity index (χ0n) is 15.6. The molecule has 3 heterocycles. The zero-order chi connectivity index (χ0) is 20.4. The van der Waals surface area contributed by atoms with Crippen LogP contribution in [-0.4, -0.2) is 47.6 Å². The summed E-state index contributed by atoms with van der Waals surface area (Å²) in [7, 11) is 0. The fourth-order valence-corrected chi connectivity index (χ4v) is 3.53.